The quantitative estimate of drug-likeness (QED) is 0.374. The molecule has 0 amide bonds. The summed E-state index contributed by atoms with van der Waals surface area (Å²) < 4.78 is 5.19. The van der Waals surface area contributed by atoms with Gasteiger partial charge in [0.15, 0.2) is 5.84 Å². The average molecular weight is 380 g/mol. The van der Waals surface area contributed by atoms with E-state index in [-0.39, 0.29) is 15.2 Å². The molecular formula is C13H13Cl3N4O3. The fourth-order valence-corrected chi connectivity index (χ4v) is 2.22. The van der Waals surface area contributed by atoms with Crippen molar-refractivity contribution in [2.45, 2.75) is 0 Å². The highest BCUT2D eigenvalue weighted by molar-refractivity contribution is 6.62. The third-order valence-corrected chi connectivity index (χ3v) is 3.97. The summed E-state index contributed by atoms with van der Waals surface area (Å²) in [5.41, 5.74) is 3.35. The normalized spacial score (nSPS) is 15.3. The lowest BCUT2D eigenvalue weighted by molar-refractivity contribution is -0.384. The maximum atomic E-state index is 10.6. The number of hydrazone groups is 1. The second-order valence-electron chi connectivity index (χ2n) is 4.53. The monoisotopic (exact) mass is 378 g/mol. The number of nitrogens with zero attached hydrogens (tertiary/aromatic N) is 3. The van der Waals surface area contributed by atoms with Crippen LogP contribution in [0.1, 0.15) is 0 Å². The number of anilines is 1. The molecule has 0 aromatic heterocycles. The van der Waals surface area contributed by atoms with Gasteiger partial charge in [0, 0.05) is 25.2 Å². The Bertz CT molecular complexity index is 624. The summed E-state index contributed by atoms with van der Waals surface area (Å²) >= 11 is 17.6. The highest BCUT2D eigenvalue weighted by Gasteiger charge is 2.20. The number of rotatable bonds is 4. The van der Waals surface area contributed by atoms with E-state index in [0.29, 0.717) is 37.8 Å². The molecule has 0 atom stereocenters. The van der Waals surface area contributed by atoms with Crippen molar-refractivity contribution in [2.75, 3.05) is 31.7 Å². The molecule has 0 aliphatic carbocycles. The summed E-state index contributed by atoms with van der Waals surface area (Å²) in [7, 11) is 0. The van der Waals surface area contributed by atoms with Gasteiger partial charge in [0.05, 0.1) is 23.8 Å². The molecule has 0 spiro atoms. The van der Waals surface area contributed by atoms with E-state index in [1.807, 2.05) is 4.90 Å². The lowest BCUT2D eigenvalue weighted by Gasteiger charge is -2.29. The number of hydrogen-bond acceptors (Lipinski definition) is 5. The Morgan fingerprint density at radius 1 is 1.22 bits per heavy atom. The SMILES string of the molecule is O=[N+]([O-])c1ccc(N/N=C(\C(Cl)=C(Cl)Cl)N2CCOCC2)cc1. The van der Waals surface area contributed by atoms with Crippen molar-refractivity contribution in [3.8, 4) is 0 Å². The number of nitro groups is 1. The predicted molar refractivity (Wildman–Crippen MR) is 91.1 cm³/mol. The Morgan fingerprint density at radius 3 is 2.35 bits per heavy atom. The second-order valence-corrected chi connectivity index (χ2v) is 5.85. The van der Waals surface area contributed by atoms with Crippen LogP contribution in [0.2, 0.25) is 0 Å². The maximum absolute atomic E-state index is 10.6. The number of hydrogen-bond donors (Lipinski definition) is 1. The van der Waals surface area contributed by atoms with Crippen LogP contribution in [-0.2, 0) is 4.74 Å². The Hall–Kier alpha value is -1.54. The topological polar surface area (TPSA) is 80.0 Å². The third-order valence-electron chi connectivity index (χ3n) is 3.04. The van der Waals surface area contributed by atoms with Crippen LogP contribution < -0.4 is 5.43 Å². The van der Waals surface area contributed by atoms with E-state index >= 15 is 0 Å². The number of amidine groups is 1. The van der Waals surface area contributed by atoms with Gasteiger partial charge in [0.25, 0.3) is 5.69 Å². The van der Waals surface area contributed by atoms with Gasteiger partial charge >= 0.3 is 0 Å². The minimum Gasteiger partial charge on any atom is -0.378 e. The fourth-order valence-electron chi connectivity index (χ4n) is 1.89. The molecule has 124 valence electrons. The maximum Gasteiger partial charge on any atom is 0.269 e. The van der Waals surface area contributed by atoms with Crippen LogP contribution in [0.15, 0.2) is 38.9 Å². The average Bonchev–Trinajstić information content (AvgIpc) is 2.56. The lowest BCUT2D eigenvalue weighted by atomic mass is 10.3. The van der Waals surface area contributed by atoms with Gasteiger partial charge in [0.2, 0.25) is 0 Å². The smallest absolute Gasteiger partial charge is 0.269 e. The number of nitrogens with one attached hydrogen (secondary N) is 1. The van der Waals surface area contributed by atoms with Crippen molar-refractivity contribution in [3.63, 3.8) is 0 Å². The molecule has 1 fully saturated rings. The minimum absolute atomic E-state index is 0.00494. The molecule has 1 aromatic rings. The summed E-state index contributed by atoms with van der Waals surface area (Å²) in [5.74, 6) is 0.383. The van der Waals surface area contributed by atoms with Gasteiger partial charge in [-0.05, 0) is 12.1 Å². The Morgan fingerprint density at radius 2 is 1.83 bits per heavy atom. The number of halogens is 3. The van der Waals surface area contributed by atoms with Gasteiger partial charge in [-0.15, -0.1) is 0 Å². The van der Waals surface area contributed by atoms with Gasteiger partial charge in [-0.1, -0.05) is 34.8 Å². The van der Waals surface area contributed by atoms with Crippen LogP contribution in [0, 0.1) is 10.1 Å². The highest BCUT2D eigenvalue weighted by atomic mass is 35.5. The first kappa shape index (κ1) is 17.8. The van der Waals surface area contributed by atoms with Gasteiger partial charge in [-0.2, -0.15) is 5.10 Å². The molecule has 1 N–H and O–H groups in total. The summed E-state index contributed by atoms with van der Waals surface area (Å²) in [5, 5.41) is 15.0. The van der Waals surface area contributed by atoms with Crippen molar-refractivity contribution in [3.05, 3.63) is 43.9 Å². The lowest BCUT2D eigenvalue weighted by Crippen LogP contribution is -2.41. The van der Waals surface area contributed by atoms with Crippen LogP contribution in [0.3, 0.4) is 0 Å². The van der Waals surface area contributed by atoms with E-state index in [2.05, 4.69) is 10.5 Å². The van der Waals surface area contributed by atoms with E-state index in [4.69, 9.17) is 39.5 Å². The molecule has 1 aliphatic heterocycles. The van der Waals surface area contributed by atoms with Crippen LogP contribution in [0.25, 0.3) is 0 Å². The predicted octanol–water partition coefficient (Wildman–Crippen LogP) is 3.54. The van der Waals surface area contributed by atoms with E-state index in [9.17, 15) is 10.1 Å². The van der Waals surface area contributed by atoms with Crippen molar-refractivity contribution >= 4 is 52.0 Å². The van der Waals surface area contributed by atoms with Crippen LogP contribution >= 0.6 is 34.8 Å². The second kappa shape index (κ2) is 8.35. The van der Waals surface area contributed by atoms with E-state index in [1.165, 1.54) is 12.1 Å². The summed E-state index contributed by atoms with van der Waals surface area (Å²) in [6.45, 7) is 2.28. The van der Waals surface area contributed by atoms with Crippen LogP contribution in [-0.4, -0.2) is 42.0 Å². The van der Waals surface area contributed by atoms with Crippen molar-refractivity contribution in [1.82, 2.24) is 4.90 Å². The number of ether oxygens (including phenoxy) is 1. The van der Waals surface area contributed by atoms with Crippen LogP contribution in [0.5, 0.6) is 0 Å². The molecule has 1 aromatic carbocycles. The minimum atomic E-state index is -0.473. The number of nitro benzene ring substituents is 1. The highest BCUT2D eigenvalue weighted by Crippen LogP contribution is 2.22. The first-order chi connectivity index (χ1) is 11.0. The van der Waals surface area contributed by atoms with E-state index in [0.717, 1.165) is 0 Å². The standard InChI is InChI=1S/C13H13Cl3N4O3/c14-11(12(15)16)13(19-5-7-23-8-6-19)18-17-9-1-3-10(4-2-9)20(21)22/h1-4,17H,5-8H2/b18-13+. The van der Waals surface area contributed by atoms with Crippen molar-refractivity contribution in [1.29, 1.82) is 0 Å². The molecule has 7 nitrogen and oxygen atoms in total. The van der Waals surface area contributed by atoms with Crippen LogP contribution in [0.4, 0.5) is 11.4 Å². The molecule has 1 aliphatic rings. The Kier molecular flexibility index (Phi) is 6.47. The van der Waals surface area contributed by atoms with E-state index < -0.39 is 4.92 Å². The molecule has 0 radical (unpaired) electrons. The third kappa shape index (κ3) is 4.97. The Labute approximate surface area is 147 Å². The zero-order valence-electron chi connectivity index (χ0n) is 11.8. The molecule has 0 unspecified atom stereocenters. The molecule has 0 saturated carbocycles. The van der Waals surface area contributed by atoms with Gasteiger partial charge < -0.3 is 9.64 Å². The Balaban J connectivity index is 2.19. The molecule has 1 saturated heterocycles. The number of non-ortho nitro benzene ring substituents is 1. The first-order valence-corrected chi connectivity index (χ1v) is 7.74. The molecule has 23 heavy (non-hydrogen) atoms. The molecule has 2 rings (SSSR count). The summed E-state index contributed by atoms with van der Waals surface area (Å²) in [6, 6.07) is 5.83. The molecule has 10 heteroatoms. The van der Waals surface area contributed by atoms with Gasteiger partial charge in [-0.3, -0.25) is 15.5 Å². The first-order valence-electron chi connectivity index (χ1n) is 6.61. The van der Waals surface area contributed by atoms with Gasteiger partial charge in [0.1, 0.15) is 9.52 Å². The molecule has 1 heterocycles. The summed E-state index contributed by atoms with van der Waals surface area (Å²) in [6.07, 6.45) is 0. The number of benzene rings is 1. The number of morpholine rings is 1. The molecular weight excluding hydrogens is 367 g/mol. The molecule has 0 bridgehead atoms. The largest absolute Gasteiger partial charge is 0.378 e. The summed E-state index contributed by atoms with van der Waals surface area (Å²) in [4.78, 5) is 12.0. The van der Waals surface area contributed by atoms with E-state index in [1.54, 1.807) is 12.1 Å². The zero-order chi connectivity index (χ0) is 16.8. The van der Waals surface area contributed by atoms with Gasteiger partial charge in [-0.25, -0.2) is 0 Å². The fraction of sp³-hybridized carbons (Fsp3) is 0.308. The van der Waals surface area contributed by atoms with Crippen molar-refractivity contribution < 1.29 is 9.66 Å². The van der Waals surface area contributed by atoms with Crippen molar-refractivity contribution in [2.24, 2.45) is 5.10 Å². The zero-order valence-corrected chi connectivity index (χ0v) is 14.1.